The van der Waals surface area contributed by atoms with Crippen molar-refractivity contribution in [2.45, 2.75) is 32.5 Å². The smallest absolute Gasteiger partial charge is 0.260 e. The summed E-state index contributed by atoms with van der Waals surface area (Å²) in [5.41, 5.74) is 0.844. The summed E-state index contributed by atoms with van der Waals surface area (Å²) in [6, 6.07) is 7.12. The molecule has 0 saturated carbocycles. The van der Waals surface area contributed by atoms with Crippen molar-refractivity contribution in [3.63, 3.8) is 0 Å². The second kappa shape index (κ2) is 8.55. The molecule has 2 N–H and O–H groups in total. The normalized spacial score (nSPS) is 13.6. The summed E-state index contributed by atoms with van der Waals surface area (Å²) in [5.74, 6) is 0.422. The Morgan fingerprint density at radius 3 is 2.55 bits per heavy atom. The lowest BCUT2D eigenvalue weighted by molar-refractivity contribution is -0.127. The van der Waals surface area contributed by atoms with Crippen LogP contribution >= 0.6 is 0 Å². The average Bonchev–Trinajstić information content (AvgIpc) is 2.47. The van der Waals surface area contributed by atoms with E-state index >= 15 is 0 Å². The second-order valence-corrected chi connectivity index (χ2v) is 4.54. The number of aliphatic hydroxyl groups is 1. The van der Waals surface area contributed by atoms with E-state index in [0.29, 0.717) is 25.3 Å². The molecule has 0 aliphatic rings. The van der Waals surface area contributed by atoms with Gasteiger partial charge in [0.05, 0.1) is 12.7 Å². The van der Waals surface area contributed by atoms with Crippen molar-refractivity contribution in [2.75, 3.05) is 20.3 Å². The first-order valence-corrected chi connectivity index (χ1v) is 6.79. The van der Waals surface area contributed by atoms with Crippen LogP contribution < -0.4 is 10.1 Å². The van der Waals surface area contributed by atoms with E-state index in [1.54, 1.807) is 38.3 Å². The lowest BCUT2D eigenvalue weighted by Crippen LogP contribution is -2.37. The van der Waals surface area contributed by atoms with Crippen molar-refractivity contribution < 1.29 is 19.4 Å². The summed E-state index contributed by atoms with van der Waals surface area (Å²) in [5, 5.41) is 12.4. The first-order valence-electron chi connectivity index (χ1n) is 6.79. The molecule has 1 aromatic carbocycles. The summed E-state index contributed by atoms with van der Waals surface area (Å²) >= 11 is 0. The molecule has 0 heterocycles. The number of nitrogens with one attached hydrogen (secondary N) is 1. The van der Waals surface area contributed by atoms with E-state index in [1.165, 1.54) is 0 Å². The van der Waals surface area contributed by atoms with Crippen LogP contribution in [0.5, 0.6) is 5.75 Å². The van der Waals surface area contributed by atoms with Crippen LogP contribution in [0, 0.1) is 0 Å². The van der Waals surface area contributed by atoms with Crippen molar-refractivity contribution in [3.8, 4) is 5.75 Å². The predicted molar refractivity (Wildman–Crippen MR) is 76.7 cm³/mol. The van der Waals surface area contributed by atoms with Gasteiger partial charge in [0.25, 0.3) is 5.91 Å². The maximum Gasteiger partial charge on any atom is 0.260 e. The van der Waals surface area contributed by atoms with Gasteiger partial charge in [-0.05, 0) is 31.0 Å². The zero-order chi connectivity index (χ0) is 15.0. The zero-order valence-corrected chi connectivity index (χ0v) is 12.3. The van der Waals surface area contributed by atoms with Crippen molar-refractivity contribution in [3.05, 3.63) is 29.8 Å². The van der Waals surface area contributed by atoms with Crippen LogP contribution in [-0.2, 0) is 9.53 Å². The monoisotopic (exact) mass is 281 g/mol. The minimum absolute atomic E-state index is 0.181. The van der Waals surface area contributed by atoms with E-state index in [1.807, 2.05) is 6.92 Å². The highest BCUT2D eigenvalue weighted by Gasteiger charge is 2.14. The van der Waals surface area contributed by atoms with Gasteiger partial charge >= 0.3 is 0 Å². The van der Waals surface area contributed by atoms with Crippen molar-refractivity contribution >= 4 is 5.91 Å². The Hall–Kier alpha value is -1.59. The SMILES string of the molecule is CC[C@@H](O)c1ccc(OC(C)C(=O)NCCOC)cc1. The number of amides is 1. The molecule has 5 heteroatoms. The highest BCUT2D eigenvalue weighted by atomic mass is 16.5. The maximum absolute atomic E-state index is 11.7. The molecule has 0 saturated heterocycles. The van der Waals surface area contributed by atoms with Crippen LogP contribution in [0.4, 0.5) is 0 Å². The fourth-order valence-corrected chi connectivity index (χ4v) is 1.68. The lowest BCUT2D eigenvalue weighted by atomic mass is 10.1. The van der Waals surface area contributed by atoms with Crippen LogP contribution in [0.3, 0.4) is 0 Å². The van der Waals surface area contributed by atoms with Crippen LogP contribution in [-0.4, -0.2) is 37.4 Å². The topological polar surface area (TPSA) is 67.8 Å². The number of methoxy groups -OCH3 is 1. The molecule has 0 aliphatic heterocycles. The van der Waals surface area contributed by atoms with Gasteiger partial charge in [0.2, 0.25) is 0 Å². The fourth-order valence-electron chi connectivity index (χ4n) is 1.68. The van der Waals surface area contributed by atoms with Crippen molar-refractivity contribution in [2.24, 2.45) is 0 Å². The summed E-state index contributed by atoms with van der Waals surface area (Å²) in [6.07, 6.45) is -0.369. The number of rotatable bonds is 8. The highest BCUT2D eigenvalue weighted by Crippen LogP contribution is 2.20. The van der Waals surface area contributed by atoms with Crippen LogP contribution in [0.25, 0.3) is 0 Å². The van der Waals surface area contributed by atoms with Crippen molar-refractivity contribution in [1.82, 2.24) is 5.32 Å². The van der Waals surface area contributed by atoms with E-state index in [2.05, 4.69) is 5.32 Å². The molecule has 0 radical (unpaired) electrons. The first-order chi connectivity index (χ1) is 9.58. The third kappa shape index (κ3) is 5.19. The lowest BCUT2D eigenvalue weighted by Gasteiger charge is -2.15. The van der Waals surface area contributed by atoms with E-state index < -0.39 is 12.2 Å². The summed E-state index contributed by atoms with van der Waals surface area (Å²) in [6.45, 7) is 4.55. The Balaban J connectivity index is 2.49. The molecule has 0 aliphatic carbocycles. The molecule has 1 rings (SSSR count). The molecule has 5 nitrogen and oxygen atoms in total. The highest BCUT2D eigenvalue weighted by molar-refractivity contribution is 5.80. The minimum atomic E-state index is -0.575. The molecular formula is C15H23NO4. The van der Waals surface area contributed by atoms with Gasteiger partial charge in [-0.25, -0.2) is 0 Å². The van der Waals surface area contributed by atoms with Gasteiger partial charge in [-0.2, -0.15) is 0 Å². The van der Waals surface area contributed by atoms with Gasteiger partial charge in [-0.15, -0.1) is 0 Å². The Morgan fingerprint density at radius 1 is 1.35 bits per heavy atom. The molecular weight excluding hydrogens is 258 g/mol. The molecule has 1 unspecified atom stereocenters. The number of hydrogen-bond donors (Lipinski definition) is 2. The Kier molecular flexibility index (Phi) is 7.04. The molecule has 0 fully saturated rings. The number of carbonyl (C=O) groups excluding carboxylic acids is 1. The van der Waals surface area contributed by atoms with E-state index in [0.717, 1.165) is 5.56 Å². The Labute approximate surface area is 119 Å². The standard InChI is InChI=1S/C15H23NO4/c1-4-14(17)12-5-7-13(8-6-12)20-11(2)15(18)16-9-10-19-3/h5-8,11,14,17H,4,9-10H2,1-3H3,(H,16,18)/t11?,14-/m1/s1. The average molecular weight is 281 g/mol. The molecule has 1 amide bonds. The third-order valence-electron chi connectivity index (χ3n) is 2.94. The van der Waals surface area contributed by atoms with Gasteiger partial charge in [-0.3, -0.25) is 4.79 Å². The molecule has 0 bridgehead atoms. The summed E-state index contributed by atoms with van der Waals surface area (Å²) < 4.78 is 10.4. The number of hydrogen-bond acceptors (Lipinski definition) is 4. The van der Waals surface area contributed by atoms with Crippen LogP contribution in [0.1, 0.15) is 31.9 Å². The van der Waals surface area contributed by atoms with Crippen LogP contribution in [0.2, 0.25) is 0 Å². The zero-order valence-electron chi connectivity index (χ0n) is 12.3. The Bertz CT molecular complexity index is 405. The van der Waals surface area contributed by atoms with Crippen molar-refractivity contribution in [1.29, 1.82) is 0 Å². The first kappa shape index (κ1) is 16.5. The molecule has 1 aromatic rings. The number of ether oxygens (including phenoxy) is 2. The molecule has 20 heavy (non-hydrogen) atoms. The number of benzene rings is 1. The maximum atomic E-state index is 11.7. The van der Waals surface area contributed by atoms with E-state index in [4.69, 9.17) is 9.47 Å². The number of carbonyl (C=O) groups is 1. The van der Waals surface area contributed by atoms with Crippen LogP contribution in [0.15, 0.2) is 24.3 Å². The van der Waals surface area contributed by atoms with E-state index in [-0.39, 0.29) is 5.91 Å². The van der Waals surface area contributed by atoms with Gasteiger partial charge in [0.1, 0.15) is 5.75 Å². The third-order valence-corrected chi connectivity index (χ3v) is 2.94. The molecule has 0 aromatic heterocycles. The molecule has 112 valence electrons. The quantitative estimate of drug-likeness (QED) is 0.711. The Morgan fingerprint density at radius 2 is 2.00 bits per heavy atom. The summed E-state index contributed by atoms with van der Waals surface area (Å²) in [7, 11) is 1.58. The van der Waals surface area contributed by atoms with Gasteiger partial charge < -0.3 is 19.9 Å². The molecule has 0 spiro atoms. The molecule has 2 atom stereocenters. The van der Waals surface area contributed by atoms with Gasteiger partial charge in [0.15, 0.2) is 6.10 Å². The van der Waals surface area contributed by atoms with Gasteiger partial charge in [-0.1, -0.05) is 19.1 Å². The predicted octanol–water partition coefficient (Wildman–Crippen LogP) is 1.66. The van der Waals surface area contributed by atoms with E-state index in [9.17, 15) is 9.90 Å². The second-order valence-electron chi connectivity index (χ2n) is 4.54. The minimum Gasteiger partial charge on any atom is -0.481 e. The van der Waals surface area contributed by atoms with Gasteiger partial charge in [0, 0.05) is 13.7 Å². The fraction of sp³-hybridized carbons (Fsp3) is 0.533. The summed E-state index contributed by atoms with van der Waals surface area (Å²) in [4.78, 5) is 11.7. The largest absolute Gasteiger partial charge is 0.481 e. The number of aliphatic hydroxyl groups excluding tert-OH is 1.